The number of anilines is 1. The molecule has 1 aromatic rings. The summed E-state index contributed by atoms with van der Waals surface area (Å²) in [6, 6.07) is 0.978. The molecule has 0 spiro atoms. The van der Waals surface area contributed by atoms with E-state index in [4.69, 9.17) is 11.6 Å². The predicted molar refractivity (Wildman–Crippen MR) is 69.2 cm³/mol. The topological polar surface area (TPSA) is 61.4 Å². The SMILES string of the molecule is CC(C)C(O)CNC(=O)Nc1c(F)cc(Cl)cc1F. The average molecular weight is 293 g/mol. The number of halogens is 3. The largest absolute Gasteiger partial charge is 0.391 e. The molecule has 0 bridgehead atoms. The molecule has 0 saturated carbocycles. The molecular formula is C12H15ClF2N2O2. The van der Waals surface area contributed by atoms with Crippen LogP contribution in [0.15, 0.2) is 12.1 Å². The maximum Gasteiger partial charge on any atom is 0.319 e. The quantitative estimate of drug-likeness (QED) is 0.799. The Morgan fingerprint density at radius 2 is 1.89 bits per heavy atom. The van der Waals surface area contributed by atoms with E-state index in [1.807, 2.05) is 5.32 Å². The van der Waals surface area contributed by atoms with Crippen LogP contribution in [0.5, 0.6) is 0 Å². The highest BCUT2D eigenvalue weighted by Crippen LogP contribution is 2.23. The van der Waals surface area contributed by atoms with Crippen molar-refractivity contribution in [3.05, 3.63) is 28.8 Å². The summed E-state index contributed by atoms with van der Waals surface area (Å²) in [5, 5.41) is 13.7. The minimum atomic E-state index is -0.968. The first kappa shape index (κ1) is 15.7. The van der Waals surface area contributed by atoms with Crippen molar-refractivity contribution in [3.63, 3.8) is 0 Å². The highest BCUT2D eigenvalue weighted by molar-refractivity contribution is 6.30. The van der Waals surface area contributed by atoms with Crippen LogP contribution in [-0.2, 0) is 0 Å². The van der Waals surface area contributed by atoms with Crippen LogP contribution in [0.2, 0.25) is 5.02 Å². The number of benzene rings is 1. The maximum absolute atomic E-state index is 13.4. The van der Waals surface area contributed by atoms with Gasteiger partial charge < -0.3 is 15.7 Å². The number of hydrogen-bond donors (Lipinski definition) is 3. The van der Waals surface area contributed by atoms with Crippen LogP contribution in [0.25, 0.3) is 0 Å². The summed E-state index contributed by atoms with van der Waals surface area (Å²) in [7, 11) is 0. The fraction of sp³-hybridized carbons (Fsp3) is 0.417. The van der Waals surface area contributed by atoms with Crippen LogP contribution in [0.3, 0.4) is 0 Å². The van der Waals surface area contributed by atoms with Gasteiger partial charge in [0, 0.05) is 11.6 Å². The predicted octanol–water partition coefficient (Wildman–Crippen LogP) is 2.76. The minimum absolute atomic E-state index is 0.0136. The summed E-state index contributed by atoms with van der Waals surface area (Å²) in [4.78, 5) is 11.4. The van der Waals surface area contributed by atoms with Crippen molar-refractivity contribution in [2.75, 3.05) is 11.9 Å². The maximum atomic E-state index is 13.4. The van der Waals surface area contributed by atoms with Crippen LogP contribution >= 0.6 is 11.6 Å². The van der Waals surface area contributed by atoms with Crippen molar-refractivity contribution in [3.8, 4) is 0 Å². The highest BCUT2D eigenvalue weighted by atomic mass is 35.5. The van der Waals surface area contributed by atoms with E-state index in [-0.39, 0.29) is 17.5 Å². The monoisotopic (exact) mass is 292 g/mol. The Balaban J connectivity index is 2.63. The van der Waals surface area contributed by atoms with E-state index in [1.165, 1.54) is 0 Å². The van der Waals surface area contributed by atoms with Gasteiger partial charge in [-0.3, -0.25) is 0 Å². The first-order valence-electron chi connectivity index (χ1n) is 5.68. The molecule has 3 N–H and O–H groups in total. The van der Waals surface area contributed by atoms with Gasteiger partial charge in [-0.1, -0.05) is 25.4 Å². The Hall–Kier alpha value is -1.40. The van der Waals surface area contributed by atoms with Gasteiger partial charge in [0.05, 0.1) is 6.10 Å². The van der Waals surface area contributed by atoms with E-state index < -0.39 is 29.5 Å². The summed E-state index contributed by atoms with van der Waals surface area (Å²) >= 11 is 5.45. The molecule has 0 saturated heterocycles. The van der Waals surface area contributed by atoms with E-state index in [0.717, 1.165) is 12.1 Å². The van der Waals surface area contributed by atoms with Crippen LogP contribution in [0, 0.1) is 17.6 Å². The molecule has 106 valence electrons. The van der Waals surface area contributed by atoms with E-state index in [1.54, 1.807) is 13.8 Å². The van der Waals surface area contributed by atoms with Gasteiger partial charge in [0.2, 0.25) is 0 Å². The lowest BCUT2D eigenvalue weighted by molar-refractivity contribution is 0.126. The van der Waals surface area contributed by atoms with Gasteiger partial charge in [0.15, 0.2) is 11.6 Å². The number of hydrogen-bond acceptors (Lipinski definition) is 2. The van der Waals surface area contributed by atoms with Crippen molar-refractivity contribution in [2.24, 2.45) is 5.92 Å². The zero-order chi connectivity index (χ0) is 14.6. The first-order valence-corrected chi connectivity index (χ1v) is 6.06. The second kappa shape index (κ2) is 6.68. The van der Waals surface area contributed by atoms with Gasteiger partial charge in [-0.05, 0) is 18.1 Å². The third-order valence-electron chi connectivity index (χ3n) is 2.49. The molecule has 2 amide bonds. The van der Waals surface area contributed by atoms with E-state index >= 15 is 0 Å². The molecule has 7 heteroatoms. The lowest BCUT2D eigenvalue weighted by Crippen LogP contribution is -2.37. The number of aliphatic hydroxyl groups is 1. The van der Waals surface area contributed by atoms with Gasteiger partial charge in [0.25, 0.3) is 0 Å². The zero-order valence-electron chi connectivity index (χ0n) is 10.5. The molecule has 1 atom stereocenters. The lowest BCUT2D eigenvalue weighted by atomic mass is 10.1. The van der Waals surface area contributed by atoms with Gasteiger partial charge >= 0.3 is 6.03 Å². The van der Waals surface area contributed by atoms with E-state index in [2.05, 4.69) is 5.32 Å². The zero-order valence-corrected chi connectivity index (χ0v) is 11.3. The third kappa shape index (κ3) is 4.65. The standard InChI is InChI=1S/C12H15ClF2N2O2/c1-6(2)10(18)5-16-12(19)17-11-8(14)3-7(13)4-9(11)15/h3-4,6,10,18H,5H2,1-2H3,(H2,16,17,19). The molecule has 19 heavy (non-hydrogen) atoms. The summed E-state index contributed by atoms with van der Waals surface area (Å²) in [6.45, 7) is 3.55. The average Bonchev–Trinajstić information content (AvgIpc) is 2.30. The Bertz CT molecular complexity index is 446. The molecule has 0 heterocycles. The second-order valence-corrected chi connectivity index (χ2v) is 4.83. The smallest absolute Gasteiger partial charge is 0.319 e. The molecule has 0 aliphatic heterocycles. The number of carbonyl (C=O) groups is 1. The number of aliphatic hydroxyl groups excluding tert-OH is 1. The molecule has 0 aliphatic carbocycles. The Kier molecular flexibility index (Phi) is 5.50. The molecule has 4 nitrogen and oxygen atoms in total. The van der Waals surface area contributed by atoms with Crippen molar-refractivity contribution in [2.45, 2.75) is 20.0 Å². The van der Waals surface area contributed by atoms with Crippen LogP contribution in [0.1, 0.15) is 13.8 Å². The van der Waals surface area contributed by atoms with Gasteiger partial charge in [0.1, 0.15) is 5.69 Å². The highest BCUT2D eigenvalue weighted by Gasteiger charge is 2.15. The van der Waals surface area contributed by atoms with E-state index in [0.29, 0.717) is 0 Å². The molecule has 1 rings (SSSR count). The lowest BCUT2D eigenvalue weighted by Gasteiger charge is -2.15. The summed E-state index contributed by atoms with van der Waals surface area (Å²) in [5.74, 6) is -1.97. The number of carbonyl (C=O) groups excluding carboxylic acids is 1. The van der Waals surface area contributed by atoms with Gasteiger partial charge in [-0.2, -0.15) is 0 Å². The number of rotatable bonds is 4. The van der Waals surface area contributed by atoms with E-state index in [9.17, 15) is 18.7 Å². The molecule has 1 aromatic carbocycles. The summed E-state index contributed by atoms with van der Waals surface area (Å²) < 4.78 is 26.8. The molecule has 0 aromatic heterocycles. The number of urea groups is 1. The number of nitrogens with one attached hydrogen (secondary N) is 2. The fourth-order valence-electron chi connectivity index (χ4n) is 1.25. The Labute approximate surface area is 114 Å². The van der Waals surface area contributed by atoms with Crippen LogP contribution < -0.4 is 10.6 Å². The number of amides is 2. The van der Waals surface area contributed by atoms with Crippen LogP contribution in [-0.4, -0.2) is 23.8 Å². The Morgan fingerprint density at radius 3 is 2.37 bits per heavy atom. The molecule has 1 unspecified atom stereocenters. The van der Waals surface area contributed by atoms with Crippen molar-refractivity contribution in [1.82, 2.24) is 5.32 Å². The van der Waals surface area contributed by atoms with Crippen molar-refractivity contribution < 1.29 is 18.7 Å². The molecule has 0 aliphatic rings. The Morgan fingerprint density at radius 1 is 1.37 bits per heavy atom. The first-order chi connectivity index (χ1) is 8.81. The van der Waals surface area contributed by atoms with Crippen molar-refractivity contribution in [1.29, 1.82) is 0 Å². The fourth-order valence-corrected chi connectivity index (χ4v) is 1.44. The summed E-state index contributed by atoms with van der Waals surface area (Å²) in [6.07, 6.45) is -0.731. The van der Waals surface area contributed by atoms with Gasteiger partial charge in [-0.25, -0.2) is 13.6 Å². The van der Waals surface area contributed by atoms with Crippen molar-refractivity contribution >= 4 is 23.3 Å². The van der Waals surface area contributed by atoms with Crippen LogP contribution in [0.4, 0.5) is 19.3 Å². The summed E-state index contributed by atoms with van der Waals surface area (Å²) in [5.41, 5.74) is -0.582. The second-order valence-electron chi connectivity index (χ2n) is 4.39. The molecular weight excluding hydrogens is 278 g/mol. The normalized spacial score (nSPS) is 12.4. The van der Waals surface area contributed by atoms with Gasteiger partial charge in [-0.15, -0.1) is 0 Å². The molecule has 0 radical (unpaired) electrons. The third-order valence-corrected chi connectivity index (χ3v) is 2.70. The molecule has 0 fully saturated rings. The minimum Gasteiger partial charge on any atom is -0.391 e.